The van der Waals surface area contributed by atoms with E-state index >= 15 is 0 Å². The Kier molecular flexibility index (Phi) is 3.67. The minimum absolute atomic E-state index is 0.128. The Morgan fingerprint density at radius 3 is 2.44 bits per heavy atom. The van der Waals surface area contributed by atoms with Crippen LogP contribution in [0.25, 0.3) is 0 Å². The zero-order valence-electron chi connectivity index (χ0n) is 9.68. The molecule has 0 saturated heterocycles. The third kappa shape index (κ3) is 2.90. The molecular weight excluding hydrogens is 294 g/mol. The van der Waals surface area contributed by atoms with Crippen LogP contribution in [-0.4, -0.2) is 17.4 Å². The largest absolute Gasteiger partial charge is 0.289 e. The van der Waals surface area contributed by atoms with Gasteiger partial charge in [0.15, 0.2) is 5.78 Å². The predicted octanol–water partition coefficient (Wildman–Crippen LogP) is 2.99. The van der Waals surface area contributed by atoms with Gasteiger partial charge in [-0.2, -0.15) is 0 Å². The van der Waals surface area contributed by atoms with E-state index in [1.54, 1.807) is 12.1 Å². The molecule has 0 heterocycles. The topological polar surface area (TPSA) is 46.5 Å². The van der Waals surface area contributed by atoms with Gasteiger partial charge < -0.3 is 0 Å². The molecule has 0 bridgehead atoms. The van der Waals surface area contributed by atoms with Gasteiger partial charge in [-0.3, -0.25) is 9.59 Å². The lowest BCUT2D eigenvalue weighted by Gasteiger charge is -2.02. The summed E-state index contributed by atoms with van der Waals surface area (Å²) in [6, 6.07) is 7.19. The van der Waals surface area contributed by atoms with E-state index in [0.29, 0.717) is 15.8 Å². The molecule has 0 aromatic heterocycles. The van der Waals surface area contributed by atoms with Crippen LogP contribution in [0.3, 0.4) is 0 Å². The first kappa shape index (κ1) is 12.6. The highest BCUT2D eigenvalue weighted by molar-refractivity contribution is 9.12. The van der Waals surface area contributed by atoms with Crippen LogP contribution in [-0.2, 0) is 4.79 Å². The van der Waals surface area contributed by atoms with E-state index in [0.717, 1.165) is 5.56 Å². The van der Waals surface area contributed by atoms with Crippen molar-refractivity contribution in [1.29, 1.82) is 0 Å². The second-order valence-corrected chi connectivity index (χ2v) is 4.75. The summed E-state index contributed by atoms with van der Waals surface area (Å²) in [5.41, 5.74) is 2.08. The van der Waals surface area contributed by atoms with Gasteiger partial charge in [0.1, 0.15) is 0 Å². The van der Waals surface area contributed by atoms with Crippen LogP contribution in [0.15, 0.2) is 52.0 Å². The molecule has 1 aliphatic carbocycles. The smallest absolute Gasteiger partial charge is 0.277 e. The molecule has 1 aliphatic rings. The Bertz CT molecular complexity index is 595. The minimum atomic E-state index is -0.319. The molecule has 1 amide bonds. The lowest BCUT2D eigenvalue weighted by atomic mass is 10.1. The maximum atomic E-state index is 11.9. The Morgan fingerprint density at radius 2 is 1.83 bits per heavy atom. The number of ketones is 1. The average Bonchev–Trinajstić information content (AvgIpc) is 2.34. The van der Waals surface area contributed by atoms with Gasteiger partial charge >= 0.3 is 0 Å². The summed E-state index contributed by atoms with van der Waals surface area (Å²) in [4.78, 5) is 27.0. The third-order valence-corrected chi connectivity index (χ3v) is 3.06. The van der Waals surface area contributed by atoms with Crippen LogP contribution in [0, 0.1) is 6.92 Å². The zero-order chi connectivity index (χ0) is 13.1. The number of rotatable bonds is 1. The molecule has 0 spiro atoms. The van der Waals surface area contributed by atoms with Crippen molar-refractivity contribution in [3.63, 3.8) is 0 Å². The molecule has 90 valence electrons. The number of carbonyl (C=O) groups is 2. The lowest BCUT2D eigenvalue weighted by Crippen LogP contribution is -2.06. The van der Waals surface area contributed by atoms with Gasteiger partial charge in [0.2, 0.25) is 0 Å². The number of nitrogens with zero attached hydrogens (tertiary/aromatic N) is 1. The Hall–Kier alpha value is -1.81. The minimum Gasteiger partial charge on any atom is -0.289 e. The van der Waals surface area contributed by atoms with Crippen molar-refractivity contribution in [1.82, 2.24) is 0 Å². The van der Waals surface area contributed by atoms with E-state index < -0.39 is 0 Å². The summed E-state index contributed by atoms with van der Waals surface area (Å²) in [7, 11) is 0. The fraction of sp³-hybridized carbons (Fsp3) is 0.0714. The molecule has 1 aromatic carbocycles. The molecule has 1 aromatic rings. The molecule has 0 N–H and O–H groups in total. The van der Waals surface area contributed by atoms with Gasteiger partial charge in [-0.1, -0.05) is 17.7 Å². The van der Waals surface area contributed by atoms with E-state index in [1.165, 1.54) is 18.2 Å². The zero-order valence-corrected chi connectivity index (χ0v) is 11.3. The number of carbonyl (C=O) groups excluding carboxylic acids is 2. The number of amides is 1. The van der Waals surface area contributed by atoms with Crippen molar-refractivity contribution in [2.45, 2.75) is 6.92 Å². The molecule has 0 aliphatic heterocycles. The van der Waals surface area contributed by atoms with Gasteiger partial charge in [0.25, 0.3) is 5.91 Å². The summed E-state index contributed by atoms with van der Waals surface area (Å²) < 4.78 is 0.403. The van der Waals surface area contributed by atoms with Gasteiger partial charge in [-0.05, 0) is 53.2 Å². The van der Waals surface area contributed by atoms with Crippen molar-refractivity contribution in [2.75, 3.05) is 0 Å². The monoisotopic (exact) mass is 303 g/mol. The summed E-state index contributed by atoms with van der Waals surface area (Å²) in [6.45, 7) is 1.95. The first-order valence-electron chi connectivity index (χ1n) is 5.35. The van der Waals surface area contributed by atoms with Gasteiger partial charge in [-0.25, -0.2) is 4.99 Å². The first-order valence-corrected chi connectivity index (χ1v) is 6.15. The van der Waals surface area contributed by atoms with E-state index in [-0.39, 0.29) is 11.7 Å². The highest BCUT2D eigenvalue weighted by atomic mass is 79.9. The third-order valence-electron chi connectivity index (χ3n) is 2.44. The van der Waals surface area contributed by atoms with E-state index in [9.17, 15) is 9.59 Å². The highest BCUT2D eigenvalue weighted by Crippen LogP contribution is 2.13. The second-order valence-electron chi connectivity index (χ2n) is 3.90. The molecule has 0 radical (unpaired) electrons. The van der Waals surface area contributed by atoms with Gasteiger partial charge in [0, 0.05) is 5.56 Å². The predicted molar refractivity (Wildman–Crippen MR) is 74.1 cm³/mol. The Balaban J connectivity index is 2.24. The number of benzene rings is 1. The molecule has 0 fully saturated rings. The van der Waals surface area contributed by atoms with Gasteiger partial charge in [0.05, 0.1) is 10.2 Å². The number of allylic oxidation sites excluding steroid dienone is 4. The van der Waals surface area contributed by atoms with Crippen LogP contribution >= 0.6 is 15.9 Å². The van der Waals surface area contributed by atoms with Crippen molar-refractivity contribution in [3.05, 3.63) is 58.1 Å². The maximum absolute atomic E-state index is 11.9. The molecule has 3 nitrogen and oxygen atoms in total. The molecule has 0 saturated carbocycles. The maximum Gasteiger partial charge on any atom is 0.277 e. The molecule has 0 unspecified atom stereocenters. The van der Waals surface area contributed by atoms with Crippen molar-refractivity contribution < 1.29 is 9.59 Å². The standard InChI is InChI=1S/C14H10BrNO2/c1-9-2-4-10(5-3-9)14(18)16-11-6-7-13(17)12(15)8-11/h2-8H,1H3. The second kappa shape index (κ2) is 5.23. The summed E-state index contributed by atoms with van der Waals surface area (Å²) in [5, 5.41) is 0. The van der Waals surface area contributed by atoms with Crippen LogP contribution < -0.4 is 0 Å². The number of hydrogen-bond donors (Lipinski definition) is 0. The number of halogens is 1. The first-order chi connectivity index (χ1) is 8.56. The molecule has 18 heavy (non-hydrogen) atoms. The van der Waals surface area contributed by atoms with E-state index in [2.05, 4.69) is 20.9 Å². The summed E-state index contributed by atoms with van der Waals surface area (Å²) in [6.07, 6.45) is 4.44. The lowest BCUT2D eigenvalue weighted by molar-refractivity contribution is -0.110. The van der Waals surface area contributed by atoms with E-state index in [1.807, 2.05) is 19.1 Å². The number of hydrogen-bond acceptors (Lipinski definition) is 2. The van der Waals surface area contributed by atoms with Crippen LogP contribution in [0.2, 0.25) is 0 Å². The van der Waals surface area contributed by atoms with Crippen molar-refractivity contribution in [3.8, 4) is 0 Å². The van der Waals surface area contributed by atoms with Crippen molar-refractivity contribution in [2.24, 2.45) is 4.99 Å². The Morgan fingerprint density at radius 1 is 1.17 bits per heavy atom. The SMILES string of the molecule is Cc1ccc(C(=O)N=C2C=CC(=O)C(Br)=C2)cc1. The average molecular weight is 304 g/mol. The van der Waals surface area contributed by atoms with Crippen molar-refractivity contribution >= 4 is 33.3 Å². The van der Waals surface area contributed by atoms with E-state index in [4.69, 9.17) is 0 Å². The summed E-state index contributed by atoms with van der Waals surface area (Å²) in [5.74, 6) is -0.447. The highest BCUT2D eigenvalue weighted by Gasteiger charge is 2.10. The van der Waals surface area contributed by atoms with Crippen LogP contribution in [0.5, 0.6) is 0 Å². The fourth-order valence-corrected chi connectivity index (χ4v) is 1.80. The summed E-state index contributed by atoms with van der Waals surface area (Å²) >= 11 is 3.12. The fourth-order valence-electron chi connectivity index (χ4n) is 1.44. The van der Waals surface area contributed by atoms with Crippen LogP contribution in [0.1, 0.15) is 15.9 Å². The quantitative estimate of drug-likeness (QED) is 0.749. The molecular formula is C14H10BrNO2. The Labute approximate surface area is 113 Å². The normalized spacial score (nSPS) is 16.9. The molecule has 4 heteroatoms. The number of aryl methyl sites for hydroxylation is 1. The molecule has 0 atom stereocenters. The molecule has 2 rings (SSSR count). The van der Waals surface area contributed by atoms with Gasteiger partial charge in [-0.15, -0.1) is 0 Å². The number of aliphatic imine (C=N–C) groups is 1. The van der Waals surface area contributed by atoms with Crippen LogP contribution in [0.4, 0.5) is 0 Å².